The molecule has 0 aliphatic heterocycles. The fourth-order valence-electron chi connectivity index (χ4n) is 2.11. The van der Waals surface area contributed by atoms with Gasteiger partial charge in [-0.3, -0.25) is 4.90 Å². The minimum Gasteiger partial charge on any atom is -0.329 e. The maximum absolute atomic E-state index is 5.72. The maximum Gasteiger partial charge on any atom is 0.0237 e. The molecule has 17 heavy (non-hydrogen) atoms. The van der Waals surface area contributed by atoms with Crippen molar-refractivity contribution in [3.05, 3.63) is 35.9 Å². The van der Waals surface area contributed by atoms with Crippen LogP contribution in [-0.4, -0.2) is 24.0 Å². The molecule has 0 heterocycles. The fraction of sp³-hybridized carbons (Fsp3) is 0.600. The van der Waals surface area contributed by atoms with Crippen LogP contribution in [0.1, 0.15) is 32.8 Å². The number of rotatable bonds is 7. The first-order chi connectivity index (χ1) is 8.19. The maximum atomic E-state index is 5.72. The van der Waals surface area contributed by atoms with Crippen molar-refractivity contribution in [2.75, 3.05) is 13.1 Å². The van der Waals surface area contributed by atoms with Gasteiger partial charge in [0.2, 0.25) is 0 Å². The second-order valence-electron chi connectivity index (χ2n) is 4.87. The molecule has 2 atom stereocenters. The van der Waals surface area contributed by atoms with Crippen LogP contribution >= 0.6 is 0 Å². The highest BCUT2D eigenvalue weighted by molar-refractivity contribution is 5.14. The number of nitrogens with two attached hydrogens (primary N) is 1. The van der Waals surface area contributed by atoms with Crippen LogP contribution in [0.2, 0.25) is 0 Å². The molecule has 2 unspecified atom stereocenters. The van der Waals surface area contributed by atoms with Crippen molar-refractivity contribution in [3.8, 4) is 0 Å². The van der Waals surface area contributed by atoms with Crippen LogP contribution < -0.4 is 5.73 Å². The molecule has 0 radical (unpaired) electrons. The van der Waals surface area contributed by atoms with Crippen LogP contribution in [-0.2, 0) is 6.54 Å². The molecule has 2 heteroatoms. The highest BCUT2D eigenvalue weighted by atomic mass is 15.2. The summed E-state index contributed by atoms with van der Waals surface area (Å²) in [5.74, 6) is 0.713. The molecule has 0 saturated heterocycles. The summed E-state index contributed by atoms with van der Waals surface area (Å²) >= 11 is 0. The van der Waals surface area contributed by atoms with Gasteiger partial charge < -0.3 is 5.73 Å². The summed E-state index contributed by atoms with van der Waals surface area (Å²) in [6.07, 6.45) is 1.22. The normalized spacial score (nSPS) is 14.9. The lowest BCUT2D eigenvalue weighted by Gasteiger charge is -2.32. The van der Waals surface area contributed by atoms with E-state index in [1.807, 2.05) is 0 Å². The van der Waals surface area contributed by atoms with E-state index in [0.717, 1.165) is 19.6 Å². The topological polar surface area (TPSA) is 29.3 Å². The van der Waals surface area contributed by atoms with Gasteiger partial charge >= 0.3 is 0 Å². The van der Waals surface area contributed by atoms with E-state index < -0.39 is 0 Å². The quantitative estimate of drug-likeness (QED) is 0.786. The van der Waals surface area contributed by atoms with Gasteiger partial charge in [0.1, 0.15) is 0 Å². The summed E-state index contributed by atoms with van der Waals surface area (Å²) < 4.78 is 0. The van der Waals surface area contributed by atoms with Crippen LogP contribution in [0.15, 0.2) is 30.3 Å². The van der Waals surface area contributed by atoms with Crippen molar-refractivity contribution in [2.45, 2.75) is 39.8 Å². The lowest BCUT2D eigenvalue weighted by molar-refractivity contribution is 0.155. The predicted octanol–water partition coefficient (Wildman–Crippen LogP) is 2.88. The van der Waals surface area contributed by atoms with Gasteiger partial charge in [-0.25, -0.2) is 0 Å². The van der Waals surface area contributed by atoms with E-state index in [9.17, 15) is 0 Å². The first-order valence-corrected chi connectivity index (χ1v) is 6.67. The minimum atomic E-state index is 0.587. The van der Waals surface area contributed by atoms with Crippen LogP contribution in [0.3, 0.4) is 0 Å². The molecule has 0 bridgehead atoms. The van der Waals surface area contributed by atoms with Gasteiger partial charge in [-0.2, -0.15) is 0 Å². The highest BCUT2D eigenvalue weighted by Crippen LogP contribution is 2.16. The SMILES string of the molecule is CCC(C)C(C)N(CCN)Cc1ccccc1. The molecule has 0 aliphatic rings. The van der Waals surface area contributed by atoms with Crippen LogP contribution in [0, 0.1) is 5.92 Å². The molecule has 1 aromatic rings. The summed E-state index contributed by atoms with van der Waals surface area (Å²) in [6.45, 7) is 9.59. The molecular formula is C15H26N2. The molecular weight excluding hydrogens is 208 g/mol. The van der Waals surface area contributed by atoms with Crippen LogP contribution in [0.4, 0.5) is 0 Å². The van der Waals surface area contributed by atoms with Crippen molar-refractivity contribution in [1.82, 2.24) is 4.90 Å². The first kappa shape index (κ1) is 14.2. The Hall–Kier alpha value is -0.860. The third kappa shape index (κ3) is 4.49. The molecule has 96 valence electrons. The number of hydrogen-bond acceptors (Lipinski definition) is 2. The Labute approximate surface area is 106 Å². The zero-order chi connectivity index (χ0) is 12.7. The molecule has 0 amide bonds. The minimum absolute atomic E-state index is 0.587. The van der Waals surface area contributed by atoms with Gasteiger partial charge in [0.25, 0.3) is 0 Å². The third-order valence-corrected chi connectivity index (χ3v) is 3.69. The second-order valence-corrected chi connectivity index (χ2v) is 4.87. The van der Waals surface area contributed by atoms with Crippen molar-refractivity contribution in [3.63, 3.8) is 0 Å². The Morgan fingerprint density at radius 2 is 1.82 bits per heavy atom. The highest BCUT2D eigenvalue weighted by Gasteiger charge is 2.18. The van der Waals surface area contributed by atoms with E-state index >= 15 is 0 Å². The predicted molar refractivity (Wildman–Crippen MR) is 74.8 cm³/mol. The molecule has 2 nitrogen and oxygen atoms in total. The second kappa shape index (κ2) is 7.46. The van der Waals surface area contributed by atoms with Crippen molar-refractivity contribution < 1.29 is 0 Å². The van der Waals surface area contributed by atoms with Crippen LogP contribution in [0.25, 0.3) is 0 Å². The molecule has 1 aromatic carbocycles. The number of benzene rings is 1. The van der Waals surface area contributed by atoms with E-state index in [2.05, 4.69) is 56.0 Å². The van der Waals surface area contributed by atoms with Gasteiger partial charge in [-0.15, -0.1) is 0 Å². The fourth-order valence-corrected chi connectivity index (χ4v) is 2.11. The third-order valence-electron chi connectivity index (χ3n) is 3.69. The summed E-state index contributed by atoms with van der Waals surface area (Å²) in [6, 6.07) is 11.2. The number of nitrogens with zero attached hydrogens (tertiary/aromatic N) is 1. The molecule has 0 aliphatic carbocycles. The zero-order valence-corrected chi connectivity index (χ0v) is 11.4. The van der Waals surface area contributed by atoms with Crippen molar-refractivity contribution >= 4 is 0 Å². The van der Waals surface area contributed by atoms with Gasteiger partial charge in [-0.1, -0.05) is 50.6 Å². The number of hydrogen-bond donors (Lipinski definition) is 1. The van der Waals surface area contributed by atoms with Crippen molar-refractivity contribution in [1.29, 1.82) is 0 Å². The zero-order valence-electron chi connectivity index (χ0n) is 11.4. The Morgan fingerprint density at radius 1 is 1.18 bits per heavy atom. The average molecular weight is 234 g/mol. The molecule has 1 rings (SSSR count). The van der Waals surface area contributed by atoms with Gasteiger partial charge in [-0.05, 0) is 18.4 Å². The summed E-state index contributed by atoms with van der Waals surface area (Å²) in [5, 5.41) is 0. The largest absolute Gasteiger partial charge is 0.329 e. The molecule has 0 fully saturated rings. The molecule has 2 N–H and O–H groups in total. The summed E-state index contributed by atoms with van der Waals surface area (Å²) in [5.41, 5.74) is 7.09. The van der Waals surface area contributed by atoms with E-state index in [0.29, 0.717) is 12.0 Å². The Balaban J connectivity index is 2.66. The van der Waals surface area contributed by atoms with Crippen molar-refractivity contribution in [2.24, 2.45) is 11.7 Å². The Morgan fingerprint density at radius 3 is 2.35 bits per heavy atom. The monoisotopic (exact) mass is 234 g/mol. The van der Waals surface area contributed by atoms with Gasteiger partial charge in [0.15, 0.2) is 0 Å². The molecule has 0 spiro atoms. The molecule has 0 saturated carbocycles. The van der Waals surface area contributed by atoms with Gasteiger partial charge in [0.05, 0.1) is 0 Å². The lowest BCUT2D eigenvalue weighted by Crippen LogP contribution is -2.40. The summed E-state index contributed by atoms with van der Waals surface area (Å²) in [7, 11) is 0. The van der Waals surface area contributed by atoms with E-state index in [-0.39, 0.29) is 0 Å². The van der Waals surface area contributed by atoms with Gasteiger partial charge in [0, 0.05) is 25.7 Å². The van der Waals surface area contributed by atoms with E-state index in [1.54, 1.807) is 0 Å². The first-order valence-electron chi connectivity index (χ1n) is 6.67. The Kier molecular flexibility index (Phi) is 6.23. The average Bonchev–Trinajstić information content (AvgIpc) is 2.37. The standard InChI is InChI=1S/C15H26N2/c1-4-13(2)14(3)17(11-10-16)12-15-8-6-5-7-9-15/h5-9,13-14H,4,10-12,16H2,1-3H3. The summed E-state index contributed by atoms with van der Waals surface area (Å²) in [4.78, 5) is 2.49. The van der Waals surface area contributed by atoms with E-state index in [4.69, 9.17) is 5.73 Å². The lowest BCUT2D eigenvalue weighted by atomic mass is 9.98. The Bertz CT molecular complexity index is 297. The van der Waals surface area contributed by atoms with Crippen LogP contribution in [0.5, 0.6) is 0 Å². The smallest absolute Gasteiger partial charge is 0.0237 e. The van der Waals surface area contributed by atoms with E-state index in [1.165, 1.54) is 12.0 Å². The molecule has 0 aromatic heterocycles.